The van der Waals surface area contributed by atoms with Gasteiger partial charge < -0.3 is 11.1 Å². The molecule has 2 aromatic rings. The zero-order chi connectivity index (χ0) is 15.4. The van der Waals surface area contributed by atoms with Gasteiger partial charge in [0.05, 0.1) is 0 Å². The number of halogens is 1. The number of nitrogens with zero attached hydrogens (tertiary/aromatic N) is 1. The van der Waals surface area contributed by atoms with Crippen LogP contribution in [0.4, 0.5) is 0 Å². The highest BCUT2D eigenvalue weighted by Crippen LogP contribution is 2.41. The SMILES string of the molecule is NC(=NCCc1ccccc1)NC1CC1c1cccc(Cl)c1. The summed E-state index contributed by atoms with van der Waals surface area (Å²) < 4.78 is 0. The summed E-state index contributed by atoms with van der Waals surface area (Å²) in [7, 11) is 0. The van der Waals surface area contributed by atoms with E-state index in [4.69, 9.17) is 17.3 Å². The van der Waals surface area contributed by atoms with Crippen molar-refractivity contribution in [1.29, 1.82) is 0 Å². The molecule has 0 spiro atoms. The monoisotopic (exact) mass is 313 g/mol. The molecular weight excluding hydrogens is 294 g/mol. The molecule has 1 aliphatic rings. The van der Waals surface area contributed by atoms with E-state index in [1.165, 1.54) is 11.1 Å². The first-order valence-electron chi connectivity index (χ1n) is 7.58. The van der Waals surface area contributed by atoms with Crippen molar-refractivity contribution < 1.29 is 0 Å². The van der Waals surface area contributed by atoms with Gasteiger partial charge in [0.1, 0.15) is 0 Å². The highest BCUT2D eigenvalue weighted by atomic mass is 35.5. The van der Waals surface area contributed by atoms with Crippen LogP contribution in [-0.2, 0) is 6.42 Å². The van der Waals surface area contributed by atoms with Crippen molar-refractivity contribution in [3.8, 4) is 0 Å². The van der Waals surface area contributed by atoms with Crippen molar-refractivity contribution in [2.24, 2.45) is 10.7 Å². The van der Waals surface area contributed by atoms with E-state index in [2.05, 4.69) is 28.5 Å². The van der Waals surface area contributed by atoms with E-state index in [9.17, 15) is 0 Å². The molecule has 114 valence electrons. The molecule has 4 heteroatoms. The van der Waals surface area contributed by atoms with E-state index in [0.717, 1.165) is 17.9 Å². The topological polar surface area (TPSA) is 50.4 Å². The molecule has 0 amide bonds. The van der Waals surface area contributed by atoms with Crippen molar-refractivity contribution in [2.45, 2.75) is 24.8 Å². The fourth-order valence-corrected chi connectivity index (χ4v) is 2.84. The highest BCUT2D eigenvalue weighted by Gasteiger charge is 2.38. The van der Waals surface area contributed by atoms with Gasteiger partial charge in [0.2, 0.25) is 0 Å². The Kier molecular flexibility index (Phi) is 4.64. The molecule has 0 aliphatic heterocycles. The summed E-state index contributed by atoms with van der Waals surface area (Å²) in [4.78, 5) is 4.40. The Morgan fingerprint density at radius 2 is 2.00 bits per heavy atom. The lowest BCUT2D eigenvalue weighted by atomic mass is 10.1. The first kappa shape index (κ1) is 14.9. The lowest BCUT2D eigenvalue weighted by Gasteiger charge is -2.06. The highest BCUT2D eigenvalue weighted by molar-refractivity contribution is 6.30. The molecule has 1 aliphatic carbocycles. The molecule has 3 N–H and O–H groups in total. The number of aliphatic imine (C=N–C) groups is 1. The zero-order valence-electron chi connectivity index (χ0n) is 12.4. The summed E-state index contributed by atoms with van der Waals surface area (Å²) >= 11 is 6.03. The van der Waals surface area contributed by atoms with Crippen LogP contribution in [0.25, 0.3) is 0 Å². The van der Waals surface area contributed by atoms with Crippen molar-refractivity contribution >= 4 is 17.6 Å². The third kappa shape index (κ3) is 4.01. The summed E-state index contributed by atoms with van der Waals surface area (Å²) in [6.45, 7) is 0.706. The molecule has 1 fully saturated rings. The van der Waals surface area contributed by atoms with E-state index in [1.807, 2.05) is 36.4 Å². The summed E-state index contributed by atoms with van der Waals surface area (Å²) in [5.74, 6) is 1.02. The molecule has 2 unspecified atom stereocenters. The van der Waals surface area contributed by atoms with Gasteiger partial charge in [-0.3, -0.25) is 4.99 Å². The zero-order valence-corrected chi connectivity index (χ0v) is 13.1. The second kappa shape index (κ2) is 6.84. The Balaban J connectivity index is 1.47. The minimum absolute atomic E-state index is 0.374. The number of nitrogens with one attached hydrogen (secondary N) is 1. The fraction of sp³-hybridized carbons (Fsp3) is 0.278. The minimum Gasteiger partial charge on any atom is -0.370 e. The van der Waals surface area contributed by atoms with Crippen LogP contribution in [0.2, 0.25) is 5.02 Å². The number of rotatable bonds is 5. The molecule has 1 saturated carbocycles. The maximum Gasteiger partial charge on any atom is 0.188 e. The second-order valence-corrected chi connectivity index (χ2v) is 6.09. The summed E-state index contributed by atoms with van der Waals surface area (Å²) in [6.07, 6.45) is 1.99. The predicted octanol–water partition coefficient (Wildman–Crippen LogP) is 3.34. The van der Waals surface area contributed by atoms with Crippen LogP contribution in [0.15, 0.2) is 59.6 Å². The van der Waals surface area contributed by atoms with Gasteiger partial charge in [-0.2, -0.15) is 0 Å². The average Bonchev–Trinajstić information content (AvgIpc) is 3.27. The number of benzene rings is 2. The molecule has 3 nitrogen and oxygen atoms in total. The van der Waals surface area contributed by atoms with Crippen LogP contribution in [-0.4, -0.2) is 18.5 Å². The Morgan fingerprint density at radius 3 is 2.77 bits per heavy atom. The van der Waals surface area contributed by atoms with Crippen LogP contribution in [0.3, 0.4) is 0 Å². The van der Waals surface area contributed by atoms with Gasteiger partial charge >= 0.3 is 0 Å². The number of hydrogen-bond donors (Lipinski definition) is 2. The van der Waals surface area contributed by atoms with E-state index in [-0.39, 0.29) is 0 Å². The quantitative estimate of drug-likeness (QED) is 0.657. The van der Waals surface area contributed by atoms with E-state index >= 15 is 0 Å². The maximum absolute atomic E-state index is 6.03. The molecule has 0 radical (unpaired) electrons. The number of nitrogens with two attached hydrogens (primary N) is 1. The third-order valence-electron chi connectivity index (χ3n) is 3.93. The smallest absolute Gasteiger partial charge is 0.188 e. The molecule has 2 aromatic carbocycles. The molecule has 22 heavy (non-hydrogen) atoms. The molecule has 0 aromatic heterocycles. The first-order valence-corrected chi connectivity index (χ1v) is 7.96. The van der Waals surface area contributed by atoms with Gasteiger partial charge in [0, 0.05) is 23.5 Å². The van der Waals surface area contributed by atoms with Crippen LogP contribution >= 0.6 is 11.6 Å². The maximum atomic E-state index is 6.03. The Bertz CT molecular complexity index is 654. The van der Waals surface area contributed by atoms with E-state index in [1.54, 1.807) is 0 Å². The largest absolute Gasteiger partial charge is 0.370 e. The third-order valence-corrected chi connectivity index (χ3v) is 4.16. The van der Waals surface area contributed by atoms with Crippen molar-refractivity contribution in [3.05, 3.63) is 70.7 Å². The number of hydrogen-bond acceptors (Lipinski definition) is 1. The molecule has 3 rings (SSSR count). The van der Waals surface area contributed by atoms with Gasteiger partial charge in [-0.25, -0.2) is 0 Å². The summed E-state index contributed by atoms with van der Waals surface area (Å²) in [5.41, 5.74) is 8.51. The van der Waals surface area contributed by atoms with Gasteiger partial charge in [-0.15, -0.1) is 0 Å². The van der Waals surface area contributed by atoms with Gasteiger partial charge in [0.25, 0.3) is 0 Å². The van der Waals surface area contributed by atoms with E-state index in [0.29, 0.717) is 24.5 Å². The van der Waals surface area contributed by atoms with Gasteiger partial charge in [-0.05, 0) is 36.1 Å². The Morgan fingerprint density at radius 1 is 1.18 bits per heavy atom. The van der Waals surface area contributed by atoms with Crippen LogP contribution < -0.4 is 11.1 Å². The van der Waals surface area contributed by atoms with Crippen molar-refractivity contribution in [3.63, 3.8) is 0 Å². The van der Waals surface area contributed by atoms with E-state index < -0.39 is 0 Å². The van der Waals surface area contributed by atoms with Crippen molar-refractivity contribution in [1.82, 2.24) is 5.32 Å². The lowest BCUT2D eigenvalue weighted by Crippen LogP contribution is -2.34. The molecule has 0 heterocycles. The standard InChI is InChI=1S/C18H20ClN3/c19-15-8-4-7-14(11-15)16-12-17(16)22-18(20)21-10-9-13-5-2-1-3-6-13/h1-8,11,16-17H,9-10,12H2,(H3,20,21,22). The summed E-state index contributed by atoms with van der Waals surface area (Å²) in [5, 5.41) is 4.08. The fourth-order valence-electron chi connectivity index (χ4n) is 2.65. The molecule has 2 atom stereocenters. The average molecular weight is 314 g/mol. The minimum atomic E-state index is 0.374. The second-order valence-electron chi connectivity index (χ2n) is 5.65. The Labute approximate surface area is 136 Å². The molecule has 0 saturated heterocycles. The predicted molar refractivity (Wildman–Crippen MR) is 92.4 cm³/mol. The van der Waals surface area contributed by atoms with Crippen LogP contribution in [0, 0.1) is 0 Å². The van der Waals surface area contributed by atoms with Crippen molar-refractivity contribution in [2.75, 3.05) is 6.54 Å². The Hall–Kier alpha value is -2.00. The van der Waals surface area contributed by atoms with Crippen LogP contribution in [0.5, 0.6) is 0 Å². The number of guanidine groups is 1. The molecular formula is C18H20ClN3. The molecule has 0 bridgehead atoms. The summed E-state index contributed by atoms with van der Waals surface area (Å²) in [6, 6.07) is 18.7. The normalized spacial score (nSPS) is 20.7. The lowest BCUT2D eigenvalue weighted by molar-refractivity contribution is 0.843. The van der Waals surface area contributed by atoms with Gasteiger partial charge in [-0.1, -0.05) is 54.1 Å². The van der Waals surface area contributed by atoms with Crippen LogP contribution in [0.1, 0.15) is 23.5 Å². The van der Waals surface area contributed by atoms with Gasteiger partial charge in [0.15, 0.2) is 5.96 Å². The first-order chi connectivity index (χ1) is 10.7.